The number of piperazine rings is 1. The SMILES string of the molecule is CCNC(=NCC(C(CC)CC)N1CCOCC1)NCCN1CCN(C(C)=O)CC1.I. The summed E-state index contributed by atoms with van der Waals surface area (Å²) in [5, 5.41) is 6.91. The van der Waals surface area contributed by atoms with Gasteiger partial charge in [0.1, 0.15) is 0 Å². The van der Waals surface area contributed by atoms with Crippen molar-refractivity contribution in [2.75, 3.05) is 78.7 Å². The topological polar surface area (TPSA) is 72.4 Å². The van der Waals surface area contributed by atoms with Crippen LogP contribution in [0, 0.1) is 5.92 Å². The zero-order valence-corrected chi connectivity index (χ0v) is 22.4. The fraction of sp³-hybridized carbons (Fsp3) is 0.909. The van der Waals surface area contributed by atoms with E-state index in [9.17, 15) is 4.79 Å². The highest BCUT2D eigenvalue weighted by Crippen LogP contribution is 2.20. The molecule has 1 amide bonds. The van der Waals surface area contributed by atoms with Crippen molar-refractivity contribution in [3.8, 4) is 0 Å². The Morgan fingerprint density at radius 2 is 1.65 bits per heavy atom. The molecule has 2 saturated heterocycles. The molecule has 2 heterocycles. The molecule has 1 atom stereocenters. The molecule has 0 spiro atoms. The summed E-state index contributed by atoms with van der Waals surface area (Å²) in [5.41, 5.74) is 0. The molecule has 182 valence electrons. The van der Waals surface area contributed by atoms with E-state index in [2.05, 4.69) is 41.2 Å². The predicted octanol–water partition coefficient (Wildman–Crippen LogP) is 1.46. The van der Waals surface area contributed by atoms with Crippen molar-refractivity contribution in [1.82, 2.24) is 25.3 Å². The van der Waals surface area contributed by atoms with Crippen LogP contribution in [-0.4, -0.2) is 111 Å². The van der Waals surface area contributed by atoms with Gasteiger partial charge in [-0.1, -0.05) is 26.7 Å². The second-order valence-corrected chi connectivity index (χ2v) is 8.29. The molecule has 0 aliphatic carbocycles. The first kappa shape index (κ1) is 28.4. The summed E-state index contributed by atoms with van der Waals surface area (Å²) in [7, 11) is 0. The number of nitrogens with one attached hydrogen (secondary N) is 2. The molecule has 2 aliphatic heterocycles. The lowest BCUT2D eigenvalue weighted by Gasteiger charge is -2.38. The Morgan fingerprint density at radius 3 is 2.19 bits per heavy atom. The van der Waals surface area contributed by atoms with Crippen molar-refractivity contribution in [3.63, 3.8) is 0 Å². The maximum Gasteiger partial charge on any atom is 0.219 e. The normalized spacial score (nSPS) is 19.8. The molecule has 2 fully saturated rings. The molecule has 2 N–H and O–H groups in total. The molecule has 8 nitrogen and oxygen atoms in total. The lowest BCUT2D eigenvalue weighted by molar-refractivity contribution is -0.130. The van der Waals surface area contributed by atoms with Gasteiger partial charge in [0, 0.05) is 71.9 Å². The zero-order chi connectivity index (χ0) is 21.8. The third-order valence-corrected chi connectivity index (χ3v) is 6.43. The predicted molar refractivity (Wildman–Crippen MR) is 138 cm³/mol. The van der Waals surface area contributed by atoms with E-state index in [1.165, 1.54) is 12.8 Å². The summed E-state index contributed by atoms with van der Waals surface area (Å²) < 4.78 is 5.56. The fourth-order valence-electron chi connectivity index (χ4n) is 4.45. The first-order valence-corrected chi connectivity index (χ1v) is 11.9. The largest absolute Gasteiger partial charge is 0.379 e. The number of carbonyl (C=O) groups excluding carboxylic acids is 1. The van der Waals surface area contributed by atoms with Crippen LogP contribution in [0.4, 0.5) is 0 Å². The Hall–Kier alpha value is -0.650. The lowest BCUT2D eigenvalue weighted by atomic mass is 9.92. The van der Waals surface area contributed by atoms with E-state index in [1.54, 1.807) is 6.92 Å². The van der Waals surface area contributed by atoms with Crippen molar-refractivity contribution in [2.45, 2.75) is 46.6 Å². The molecule has 1 unspecified atom stereocenters. The minimum Gasteiger partial charge on any atom is -0.379 e. The molecular weight excluding hydrogens is 507 g/mol. The molecule has 0 bridgehead atoms. The minimum absolute atomic E-state index is 0. The summed E-state index contributed by atoms with van der Waals surface area (Å²) in [5.74, 6) is 1.75. The first-order chi connectivity index (χ1) is 14.6. The van der Waals surface area contributed by atoms with Crippen LogP contribution in [0.3, 0.4) is 0 Å². The van der Waals surface area contributed by atoms with Gasteiger partial charge < -0.3 is 20.3 Å². The van der Waals surface area contributed by atoms with Gasteiger partial charge in [-0.2, -0.15) is 0 Å². The van der Waals surface area contributed by atoms with Crippen LogP contribution in [0.25, 0.3) is 0 Å². The van der Waals surface area contributed by atoms with Crippen molar-refractivity contribution in [1.29, 1.82) is 0 Å². The Balaban J connectivity index is 0.00000480. The van der Waals surface area contributed by atoms with Gasteiger partial charge in [-0.25, -0.2) is 0 Å². The van der Waals surface area contributed by atoms with Crippen LogP contribution < -0.4 is 10.6 Å². The summed E-state index contributed by atoms with van der Waals surface area (Å²) in [6.45, 7) is 19.1. The smallest absolute Gasteiger partial charge is 0.219 e. The third kappa shape index (κ3) is 9.79. The number of morpholine rings is 1. The maximum atomic E-state index is 11.5. The molecule has 0 aromatic heterocycles. The Labute approximate surface area is 206 Å². The molecule has 31 heavy (non-hydrogen) atoms. The number of aliphatic imine (C=N–C) groups is 1. The van der Waals surface area contributed by atoms with Crippen LogP contribution in [0.5, 0.6) is 0 Å². The van der Waals surface area contributed by atoms with Crippen molar-refractivity contribution in [2.24, 2.45) is 10.9 Å². The number of amides is 1. The molecule has 2 aliphatic rings. The second kappa shape index (κ2) is 16.0. The van der Waals surface area contributed by atoms with Crippen LogP contribution in [0.15, 0.2) is 4.99 Å². The fourth-order valence-corrected chi connectivity index (χ4v) is 4.45. The average Bonchev–Trinajstić information content (AvgIpc) is 2.77. The highest BCUT2D eigenvalue weighted by atomic mass is 127. The standard InChI is InChI=1S/C22H44N6O2.HI/c1-5-20(6-2)21(28-14-16-30-17-15-28)18-25-22(23-7-3)24-8-9-26-10-12-27(13-11-26)19(4)29;/h20-21H,5-18H2,1-4H3,(H2,23,24,25);1H. The van der Waals surface area contributed by atoms with E-state index in [0.717, 1.165) is 84.6 Å². The van der Waals surface area contributed by atoms with Gasteiger partial charge in [0.25, 0.3) is 0 Å². The summed E-state index contributed by atoms with van der Waals surface area (Å²) in [6.07, 6.45) is 2.37. The number of halogens is 1. The van der Waals surface area contributed by atoms with E-state index in [-0.39, 0.29) is 29.9 Å². The number of hydrogen-bond acceptors (Lipinski definition) is 5. The van der Waals surface area contributed by atoms with E-state index in [4.69, 9.17) is 9.73 Å². The van der Waals surface area contributed by atoms with E-state index in [1.807, 2.05) is 4.90 Å². The molecule has 9 heteroatoms. The van der Waals surface area contributed by atoms with Crippen molar-refractivity contribution in [3.05, 3.63) is 0 Å². The van der Waals surface area contributed by atoms with Gasteiger partial charge in [0.05, 0.1) is 19.8 Å². The number of guanidine groups is 1. The van der Waals surface area contributed by atoms with E-state index >= 15 is 0 Å². The van der Waals surface area contributed by atoms with E-state index < -0.39 is 0 Å². The number of carbonyl (C=O) groups is 1. The van der Waals surface area contributed by atoms with Crippen LogP contribution >= 0.6 is 24.0 Å². The van der Waals surface area contributed by atoms with Gasteiger partial charge in [-0.05, 0) is 12.8 Å². The minimum atomic E-state index is 0. The lowest BCUT2D eigenvalue weighted by Crippen LogP contribution is -2.51. The monoisotopic (exact) mass is 552 g/mol. The second-order valence-electron chi connectivity index (χ2n) is 8.29. The molecule has 0 saturated carbocycles. The van der Waals surface area contributed by atoms with Gasteiger partial charge in [-0.15, -0.1) is 24.0 Å². The highest BCUT2D eigenvalue weighted by molar-refractivity contribution is 14.0. The maximum absolute atomic E-state index is 11.5. The van der Waals surface area contributed by atoms with Crippen LogP contribution in [0.1, 0.15) is 40.5 Å². The molecule has 0 aromatic rings. The molecule has 2 rings (SSSR count). The van der Waals surface area contributed by atoms with Gasteiger partial charge in [0.2, 0.25) is 5.91 Å². The van der Waals surface area contributed by atoms with E-state index in [0.29, 0.717) is 12.0 Å². The molecule has 0 radical (unpaired) electrons. The number of rotatable bonds is 10. The third-order valence-electron chi connectivity index (χ3n) is 6.43. The summed E-state index contributed by atoms with van der Waals surface area (Å²) in [6, 6.07) is 0.471. The average molecular weight is 553 g/mol. The van der Waals surface area contributed by atoms with Crippen molar-refractivity contribution >= 4 is 35.8 Å². The molecule has 0 aromatic carbocycles. The van der Waals surface area contributed by atoms with Gasteiger partial charge in [-0.3, -0.25) is 19.6 Å². The zero-order valence-electron chi connectivity index (χ0n) is 20.1. The van der Waals surface area contributed by atoms with Gasteiger partial charge >= 0.3 is 0 Å². The Bertz CT molecular complexity index is 518. The number of nitrogens with zero attached hydrogens (tertiary/aromatic N) is 4. The Kier molecular flexibility index (Phi) is 14.7. The summed E-state index contributed by atoms with van der Waals surface area (Å²) >= 11 is 0. The quantitative estimate of drug-likeness (QED) is 0.243. The first-order valence-electron chi connectivity index (χ1n) is 11.9. The molecular formula is C22H45IN6O2. The van der Waals surface area contributed by atoms with Crippen molar-refractivity contribution < 1.29 is 9.53 Å². The van der Waals surface area contributed by atoms with Crippen LogP contribution in [-0.2, 0) is 9.53 Å². The summed E-state index contributed by atoms with van der Waals surface area (Å²) in [4.78, 5) is 23.4. The Morgan fingerprint density at radius 1 is 1.00 bits per heavy atom. The van der Waals surface area contributed by atoms with Crippen LogP contribution in [0.2, 0.25) is 0 Å². The number of ether oxygens (including phenoxy) is 1. The van der Waals surface area contributed by atoms with Gasteiger partial charge in [0.15, 0.2) is 5.96 Å². The number of hydrogen-bond donors (Lipinski definition) is 2. The highest BCUT2D eigenvalue weighted by Gasteiger charge is 2.26.